The van der Waals surface area contributed by atoms with Crippen LogP contribution in [0.1, 0.15) is 49.4 Å². The van der Waals surface area contributed by atoms with Gasteiger partial charge >= 0.3 is 5.97 Å². The third kappa shape index (κ3) is 10.2. The van der Waals surface area contributed by atoms with E-state index in [1.165, 1.54) is 25.3 Å². The highest BCUT2D eigenvalue weighted by molar-refractivity contribution is 5.89. The van der Waals surface area contributed by atoms with E-state index in [1.54, 1.807) is 48.5 Å². The lowest BCUT2D eigenvalue weighted by atomic mass is 10.2. The number of azo groups is 1. The summed E-state index contributed by atoms with van der Waals surface area (Å²) in [7, 11) is 5.77. The van der Waals surface area contributed by atoms with Crippen molar-refractivity contribution in [1.82, 2.24) is 0 Å². The topological polar surface area (TPSA) is 93.6 Å². The van der Waals surface area contributed by atoms with Crippen LogP contribution in [0.3, 0.4) is 0 Å². The molecule has 45 heavy (non-hydrogen) atoms. The van der Waals surface area contributed by atoms with E-state index in [0.29, 0.717) is 29.2 Å². The normalized spacial score (nSPS) is 10.9. The molecule has 0 aliphatic carbocycles. The molecule has 4 aromatic carbocycles. The fraction of sp³-hybridized carbons (Fsp3) is 0.286. The predicted octanol–water partition coefficient (Wildman–Crippen LogP) is 9.34. The number of hydrogen-bond donors (Lipinski definition) is 3. The average molecular weight is 612 g/mol. The number of hydrazine groups is 2. The second kappa shape index (κ2) is 16.7. The maximum absolute atomic E-state index is 14.9. The molecule has 3 N–H and O–H groups in total. The number of unbranched alkanes of at least 4 members (excludes halogenated alkanes) is 4. The quantitative estimate of drug-likeness (QED) is 0.0503. The number of nitrogens with one attached hydrogen (secondary N) is 3. The van der Waals surface area contributed by atoms with Crippen molar-refractivity contribution >= 4 is 45.8 Å². The smallest absolute Gasteiger partial charge is 0.338 e. The standard InChI is InChI=1S/C35H42FN7O2/c1-5-6-7-8-9-24-45-35(44)26-10-12-30(13-11-26)41-43(4)32-22-23-34(33(36)25-32)40-39-28-16-14-27(15-17-28)37-38-29-18-20-31(21-19-29)42(2)3/h10-23,25,39-41H,5-9,24H2,1-4H3. The molecule has 0 spiro atoms. The number of carbonyl (C=O) groups excluding carboxylic acids is 1. The number of anilines is 5. The van der Waals surface area contributed by atoms with Gasteiger partial charge in [-0.05, 0) is 91.3 Å². The van der Waals surface area contributed by atoms with Crippen molar-refractivity contribution in [3.63, 3.8) is 0 Å². The Balaban J connectivity index is 1.24. The Kier molecular flexibility index (Phi) is 12.1. The van der Waals surface area contributed by atoms with Crippen LogP contribution in [0, 0.1) is 5.82 Å². The number of halogens is 1. The van der Waals surface area contributed by atoms with Gasteiger partial charge in [0.05, 0.1) is 46.3 Å². The number of esters is 1. The molecule has 0 atom stereocenters. The Hall–Kier alpha value is -5.12. The van der Waals surface area contributed by atoms with E-state index in [2.05, 4.69) is 33.4 Å². The van der Waals surface area contributed by atoms with Gasteiger partial charge in [0.25, 0.3) is 0 Å². The van der Waals surface area contributed by atoms with Crippen LogP contribution < -0.4 is 26.2 Å². The van der Waals surface area contributed by atoms with Gasteiger partial charge in [-0.25, -0.2) is 9.18 Å². The van der Waals surface area contributed by atoms with E-state index in [1.807, 2.05) is 67.5 Å². The van der Waals surface area contributed by atoms with E-state index in [0.717, 1.165) is 35.6 Å². The van der Waals surface area contributed by atoms with Crippen molar-refractivity contribution in [2.24, 2.45) is 10.2 Å². The number of nitrogens with zero attached hydrogens (tertiary/aromatic N) is 4. The summed E-state index contributed by atoms with van der Waals surface area (Å²) in [5, 5.41) is 10.3. The van der Waals surface area contributed by atoms with Gasteiger partial charge in [-0.3, -0.25) is 15.9 Å². The van der Waals surface area contributed by atoms with Crippen LogP contribution >= 0.6 is 0 Å². The Morgan fingerprint density at radius 3 is 1.96 bits per heavy atom. The molecule has 0 bridgehead atoms. The van der Waals surface area contributed by atoms with Crippen LogP contribution in [-0.2, 0) is 4.74 Å². The number of ether oxygens (including phenoxy) is 1. The summed E-state index contributed by atoms with van der Waals surface area (Å²) in [5.74, 6) is -0.750. The molecular weight excluding hydrogens is 569 g/mol. The largest absolute Gasteiger partial charge is 0.462 e. The second-order valence-corrected chi connectivity index (χ2v) is 10.9. The third-order valence-electron chi connectivity index (χ3n) is 7.09. The Morgan fingerprint density at radius 2 is 1.33 bits per heavy atom. The second-order valence-electron chi connectivity index (χ2n) is 10.9. The maximum Gasteiger partial charge on any atom is 0.338 e. The summed E-state index contributed by atoms with van der Waals surface area (Å²) in [5.41, 5.74) is 14.6. The molecule has 0 heterocycles. The minimum absolute atomic E-state index is 0.297. The van der Waals surface area contributed by atoms with E-state index in [4.69, 9.17) is 4.74 Å². The lowest BCUT2D eigenvalue weighted by molar-refractivity contribution is 0.0497. The first-order valence-corrected chi connectivity index (χ1v) is 15.2. The molecule has 10 heteroatoms. The van der Waals surface area contributed by atoms with Crippen molar-refractivity contribution in [3.8, 4) is 0 Å². The Morgan fingerprint density at radius 1 is 0.733 bits per heavy atom. The monoisotopic (exact) mass is 611 g/mol. The molecule has 0 radical (unpaired) electrons. The van der Waals surface area contributed by atoms with E-state index in [-0.39, 0.29) is 5.97 Å². The molecular formula is C35H42FN7O2. The van der Waals surface area contributed by atoms with Crippen molar-refractivity contribution < 1.29 is 13.9 Å². The van der Waals surface area contributed by atoms with Crippen LogP contribution in [0.5, 0.6) is 0 Å². The number of hydrogen-bond acceptors (Lipinski definition) is 9. The maximum atomic E-state index is 14.9. The minimum atomic E-state index is -0.424. The van der Waals surface area contributed by atoms with Gasteiger partial charge < -0.3 is 15.1 Å². The van der Waals surface area contributed by atoms with Gasteiger partial charge in [-0.2, -0.15) is 10.2 Å². The zero-order valence-electron chi connectivity index (χ0n) is 26.4. The number of benzene rings is 4. The van der Waals surface area contributed by atoms with Crippen molar-refractivity contribution in [2.75, 3.05) is 53.9 Å². The van der Waals surface area contributed by atoms with Crippen LogP contribution in [0.4, 0.5) is 44.2 Å². The van der Waals surface area contributed by atoms with Gasteiger partial charge in [-0.1, -0.05) is 32.6 Å². The first kappa shape index (κ1) is 32.8. The summed E-state index contributed by atoms with van der Waals surface area (Å²) in [6.07, 6.45) is 5.51. The molecule has 0 amide bonds. The van der Waals surface area contributed by atoms with Gasteiger partial charge in [-0.15, -0.1) is 0 Å². The fourth-order valence-corrected chi connectivity index (χ4v) is 4.39. The van der Waals surface area contributed by atoms with E-state index < -0.39 is 5.82 Å². The molecule has 9 nitrogen and oxygen atoms in total. The number of rotatable bonds is 16. The van der Waals surface area contributed by atoms with Gasteiger partial charge in [0, 0.05) is 32.9 Å². The van der Waals surface area contributed by atoms with Crippen molar-refractivity contribution in [1.29, 1.82) is 0 Å². The van der Waals surface area contributed by atoms with Crippen LogP contribution in [0.15, 0.2) is 101 Å². The molecule has 0 aliphatic heterocycles. The lowest BCUT2D eigenvalue weighted by Crippen LogP contribution is -2.24. The van der Waals surface area contributed by atoms with Gasteiger partial charge in [0.2, 0.25) is 0 Å². The van der Waals surface area contributed by atoms with Crippen LogP contribution in [0.2, 0.25) is 0 Å². The zero-order chi connectivity index (χ0) is 32.0. The first-order chi connectivity index (χ1) is 21.8. The molecule has 0 saturated heterocycles. The predicted molar refractivity (Wildman–Crippen MR) is 183 cm³/mol. The highest BCUT2D eigenvalue weighted by atomic mass is 19.1. The summed E-state index contributed by atoms with van der Waals surface area (Å²) in [4.78, 5) is 14.3. The van der Waals surface area contributed by atoms with Crippen molar-refractivity contribution in [3.05, 3.63) is 102 Å². The Labute approximate surface area is 265 Å². The molecule has 4 rings (SSSR count). The molecule has 0 aliphatic rings. The molecule has 236 valence electrons. The minimum Gasteiger partial charge on any atom is -0.462 e. The van der Waals surface area contributed by atoms with E-state index >= 15 is 0 Å². The lowest BCUT2D eigenvalue weighted by Gasteiger charge is -2.22. The summed E-state index contributed by atoms with van der Waals surface area (Å²) in [6.45, 7) is 2.61. The SMILES string of the molecule is CCCCCCCOC(=O)c1ccc(NN(C)c2ccc(NNc3ccc(N=Nc4ccc(N(C)C)cc4)cc3)c(F)c2)cc1. The fourth-order valence-electron chi connectivity index (χ4n) is 4.39. The van der Waals surface area contributed by atoms with Crippen molar-refractivity contribution in [2.45, 2.75) is 39.0 Å². The van der Waals surface area contributed by atoms with Gasteiger partial charge in [0.1, 0.15) is 5.82 Å². The average Bonchev–Trinajstić information content (AvgIpc) is 3.05. The van der Waals surface area contributed by atoms with Crippen LogP contribution in [-0.4, -0.2) is 33.7 Å². The molecule has 4 aromatic rings. The molecule has 0 fully saturated rings. The summed E-state index contributed by atoms with van der Waals surface area (Å²) >= 11 is 0. The molecule has 0 saturated carbocycles. The third-order valence-corrected chi connectivity index (χ3v) is 7.09. The first-order valence-electron chi connectivity index (χ1n) is 15.2. The van der Waals surface area contributed by atoms with Gasteiger partial charge in [0.15, 0.2) is 0 Å². The highest BCUT2D eigenvalue weighted by Gasteiger charge is 2.10. The summed E-state index contributed by atoms with van der Waals surface area (Å²) < 4.78 is 20.3. The van der Waals surface area contributed by atoms with Crippen LogP contribution in [0.25, 0.3) is 0 Å². The van der Waals surface area contributed by atoms with E-state index in [9.17, 15) is 9.18 Å². The highest BCUT2D eigenvalue weighted by Crippen LogP contribution is 2.25. The number of carbonyl (C=O) groups is 1. The Bertz CT molecular complexity index is 1530. The molecule has 0 unspecified atom stereocenters. The molecule has 0 aromatic heterocycles. The zero-order valence-corrected chi connectivity index (χ0v) is 26.4. The summed E-state index contributed by atoms with van der Waals surface area (Å²) in [6, 6.07) is 27.0.